The second kappa shape index (κ2) is 8.86. The molecule has 0 aliphatic carbocycles. The smallest absolute Gasteiger partial charge is 0.329 e. The second-order valence-electron chi connectivity index (χ2n) is 9.51. The molecular formula is C32H23B2FN2. The maximum atomic E-state index is 14.8. The van der Waals surface area contributed by atoms with Crippen molar-refractivity contribution in [3.05, 3.63) is 156 Å². The van der Waals surface area contributed by atoms with Crippen molar-refractivity contribution in [3.8, 4) is 0 Å². The van der Waals surface area contributed by atoms with Gasteiger partial charge < -0.3 is 9.84 Å². The van der Waals surface area contributed by atoms with Gasteiger partial charge in [-0.05, 0) is 51.2 Å². The van der Waals surface area contributed by atoms with Gasteiger partial charge in [0, 0.05) is 11.4 Å². The molecule has 37 heavy (non-hydrogen) atoms. The van der Waals surface area contributed by atoms with E-state index in [0.29, 0.717) is 0 Å². The van der Waals surface area contributed by atoms with Crippen molar-refractivity contribution < 1.29 is 4.39 Å². The molecule has 2 heterocycles. The van der Waals surface area contributed by atoms with Crippen LogP contribution >= 0.6 is 0 Å². The molecule has 0 amide bonds. The third-order valence-electron chi connectivity index (χ3n) is 7.37. The standard InChI is InChI=1S/C32H23B2FN2/c35-28-21-22-30-29(23-28)33(26-17-9-3-10-18-26)37-32(25-15-7-2-8-16-25)31(24-13-5-1-6-14-24)34(36(30)37)27-19-11-4-12-20-27/h1-23H. The van der Waals surface area contributed by atoms with E-state index in [-0.39, 0.29) is 19.5 Å². The monoisotopic (exact) mass is 476 g/mol. The Morgan fingerprint density at radius 1 is 0.486 bits per heavy atom. The van der Waals surface area contributed by atoms with E-state index in [2.05, 4.69) is 125 Å². The van der Waals surface area contributed by atoms with Gasteiger partial charge in [-0.25, -0.2) is 4.39 Å². The summed E-state index contributed by atoms with van der Waals surface area (Å²) in [5.41, 5.74) is 9.04. The maximum absolute atomic E-state index is 14.8. The Kier molecular flexibility index (Phi) is 5.21. The molecular weight excluding hydrogens is 453 g/mol. The van der Waals surface area contributed by atoms with Gasteiger partial charge in [-0.3, -0.25) is 0 Å². The van der Waals surface area contributed by atoms with E-state index in [1.54, 1.807) is 12.1 Å². The fraction of sp³-hybridized carbons (Fsp3) is 0. The summed E-state index contributed by atoms with van der Waals surface area (Å²) < 4.78 is 14.8. The van der Waals surface area contributed by atoms with E-state index in [0.717, 1.165) is 27.9 Å². The van der Waals surface area contributed by atoms with Gasteiger partial charge in [0.05, 0.1) is 0 Å². The molecule has 0 spiro atoms. The molecule has 0 saturated carbocycles. The van der Waals surface area contributed by atoms with Gasteiger partial charge in [-0.15, -0.1) is 0 Å². The Morgan fingerprint density at radius 3 is 1.59 bits per heavy atom. The lowest BCUT2D eigenvalue weighted by Crippen LogP contribution is -2.56. The molecule has 5 aromatic carbocycles. The van der Waals surface area contributed by atoms with Crippen molar-refractivity contribution in [2.24, 2.45) is 0 Å². The van der Waals surface area contributed by atoms with Gasteiger partial charge in [-0.1, -0.05) is 121 Å². The van der Waals surface area contributed by atoms with Crippen LogP contribution < -0.4 is 21.3 Å². The van der Waals surface area contributed by atoms with Crippen LogP contribution in [0.1, 0.15) is 11.1 Å². The van der Waals surface area contributed by atoms with Gasteiger partial charge >= 0.3 is 13.7 Å². The number of hydrogen-bond acceptors (Lipinski definition) is 2. The van der Waals surface area contributed by atoms with Gasteiger partial charge in [0.15, 0.2) is 0 Å². The Labute approximate surface area is 217 Å². The van der Waals surface area contributed by atoms with Crippen LogP contribution in [0.3, 0.4) is 0 Å². The van der Waals surface area contributed by atoms with Gasteiger partial charge in [0.2, 0.25) is 0 Å². The highest BCUT2D eigenvalue weighted by Gasteiger charge is 2.53. The predicted octanol–water partition coefficient (Wildman–Crippen LogP) is 4.99. The molecule has 0 aromatic heterocycles. The summed E-state index contributed by atoms with van der Waals surface area (Å²) in [5.74, 6) is -0.216. The first-order valence-electron chi connectivity index (χ1n) is 12.6. The Bertz CT molecular complexity index is 1590. The number of hydrazine groups is 1. The Balaban J connectivity index is 1.58. The van der Waals surface area contributed by atoms with Crippen molar-refractivity contribution in [2.45, 2.75) is 0 Å². The zero-order valence-electron chi connectivity index (χ0n) is 20.2. The highest BCUT2D eigenvalue weighted by atomic mass is 19.1. The molecule has 5 aromatic rings. The molecule has 2 nitrogen and oxygen atoms in total. The summed E-state index contributed by atoms with van der Waals surface area (Å²) in [5, 5.41) is 0. The zero-order chi connectivity index (χ0) is 24.8. The third kappa shape index (κ3) is 3.50. The summed E-state index contributed by atoms with van der Waals surface area (Å²) in [6.07, 6.45) is 0. The largest absolute Gasteiger partial charge is 0.347 e. The minimum Gasteiger partial charge on any atom is -0.329 e. The summed E-state index contributed by atoms with van der Waals surface area (Å²) in [6, 6.07) is 47.5. The van der Waals surface area contributed by atoms with Crippen molar-refractivity contribution in [1.29, 1.82) is 0 Å². The minimum absolute atomic E-state index is 0.0725. The molecule has 5 heteroatoms. The quantitative estimate of drug-likeness (QED) is 0.338. The normalized spacial score (nSPS) is 14.3. The van der Waals surface area contributed by atoms with Crippen LogP contribution in [0.25, 0.3) is 11.2 Å². The molecule has 7 rings (SSSR count). The summed E-state index contributed by atoms with van der Waals surface area (Å²) in [7, 11) is 0. The lowest BCUT2D eigenvalue weighted by atomic mass is 9.47. The molecule has 0 bridgehead atoms. The summed E-state index contributed by atoms with van der Waals surface area (Å²) in [6.45, 7) is -0.230. The molecule has 0 atom stereocenters. The first-order valence-corrected chi connectivity index (χ1v) is 12.6. The first-order chi connectivity index (χ1) is 18.3. The Hall–Kier alpha value is -4.50. The highest BCUT2D eigenvalue weighted by molar-refractivity contribution is 7.00. The Morgan fingerprint density at radius 2 is 1.00 bits per heavy atom. The average molecular weight is 476 g/mol. The van der Waals surface area contributed by atoms with E-state index >= 15 is 0 Å². The molecule has 0 unspecified atom stereocenters. The van der Waals surface area contributed by atoms with Crippen LogP contribution in [0.15, 0.2) is 140 Å². The van der Waals surface area contributed by atoms with Crippen LogP contribution in [0.5, 0.6) is 0 Å². The maximum Gasteiger partial charge on any atom is 0.347 e. The summed E-state index contributed by atoms with van der Waals surface area (Å²) >= 11 is 0. The van der Waals surface area contributed by atoms with E-state index in [4.69, 9.17) is 0 Å². The van der Waals surface area contributed by atoms with E-state index in [1.807, 2.05) is 12.1 Å². The number of anilines is 1. The van der Waals surface area contributed by atoms with Crippen LogP contribution in [0, 0.1) is 5.82 Å². The van der Waals surface area contributed by atoms with E-state index in [1.165, 1.54) is 16.5 Å². The van der Waals surface area contributed by atoms with Gasteiger partial charge in [0.1, 0.15) is 5.82 Å². The third-order valence-corrected chi connectivity index (χ3v) is 7.37. The van der Waals surface area contributed by atoms with E-state index in [9.17, 15) is 4.39 Å². The number of nitrogens with zero attached hydrogens (tertiary/aromatic N) is 2. The zero-order valence-corrected chi connectivity index (χ0v) is 20.2. The second-order valence-corrected chi connectivity index (χ2v) is 9.51. The van der Waals surface area contributed by atoms with Gasteiger partial charge in [0.25, 0.3) is 0 Å². The molecule has 0 fully saturated rings. The van der Waals surface area contributed by atoms with Crippen LogP contribution in [-0.4, -0.2) is 18.6 Å². The van der Waals surface area contributed by atoms with Crippen molar-refractivity contribution >= 4 is 46.9 Å². The molecule has 0 radical (unpaired) electrons. The lowest BCUT2D eigenvalue weighted by Gasteiger charge is -2.34. The molecule has 2 aliphatic heterocycles. The van der Waals surface area contributed by atoms with Crippen LogP contribution in [0.2, 0.25) is 0 Å². The molecule has 0 N–H and O–H groups in total. The van der Waals surface area contributed by atoms with E-state index < -0.39 is 0 Å². The number of fused-ring (bicyclic) bond motifs is 3. The summed E-state index contributed by atoms with van der Waals surface area (Å²) in [4.78, 5) is 4.78. The number of halogens is 1. The molecule has 174 valence electrons. The SMILES string of the molecule is Fc1ccc2c(c1)B(c1ccccc1)N1C(c3ccccc3)=C(c3ccccc3)B(c3ccccc3)N21. The van der Waals surface area contributed by atoms with Crippen LogP contribution in [0.4, 0.5) is 10.1 Å². The number of benzene rings is 5. The first kappa shape index (κ1) is 21.8. The number of hydrogen-bond donors (Lipinski definition) is 0. The fourth-order valence-corrected chi connectivity index (χ4v) is 5.90. The molecule has 0 saturated heterocycles. The van der Waals surface area contributed by atoms with Crippen molar-refractivity contribution in [2.75, 3.05) is 4.92 Å². The topological polar surface area (TPSA) is 6.48 Å². The van der Waals surface area contributed by atoms with Crippen molar-refractivity contribution in [1.82, 2.24) is 4.92 Å². The number of rotatable bonds is 4. The predicted molar refractivity (Wildman–Crippen MR) is 154 cm³/mol. The van der Waals surface area contributed by atoms with Crippen LogP contribution in [-0.2, 0) is 0 Å². The lowest BCUT2D eigenvalue weighted by molar-refractivity contribution is 0.629. The van der Waals surface area contributed by atoms with Gasteiger partial charge in [-0.2, -0.15) is 0 Å². The molecule has 2 aliphatic rings. The highest BCUT2D eigenvalue weighted by Crippen LogP contribution is 2.45. The van der Waals surface area contributed by atoms with Crippen molar-refractivity contribution in [3.63, 3.8) is 0 Å². The minimum atomic E-state index is -0.216. The average Bonchev–Trinajstić information content (AvgIpc) is 3.47. The fourth-order valence-electron chi connectivity index (χ4n) is 5.90.